The molecule has 0 amide bonds. The molecule has 2 heterocycles. The molecule has 116 valence electrons. The first-order chi connectivity index (χ1) is 9.81. The summed E-state index contributed by atoms with van der Waals surface area (Å²) >= 11 is 0. The average Bonchev–Trinajstić information content (AvgIpc) is 3.12. The molecule has 3 nitrogen and oxygen atoms in total. The number of nitrogens with one attached hydrogen (secondary N) is 1. The molecule has 0 radical (unpaired) electrons. The van der Waals surface area contributed by atoms with Gasteiger partial charge in [-0.2, -0.15) is 0 Å². The molecule has 3 rings (SSSR count). The molecule has 2 unspecified atom stereocenters. The predicted molar refractivity (Wildman–Crippen MR) is 82.8 cm³/mol. The van der Waals surface area contributed by atoms with Gasteiger partial charge in [-0.3, -0.25) is 0 Å². The minimum Gasteiger partial charge on any atom is -0.392 e. The predicted octanol–water partition coefficient (Wildman–Crippen LogP) is 2.39. The summed E-state index contributed by atoms with van der Waals surface area (Å²) in [4.78, 5) is 2.51. The maximum Gasteiger partial charge on any atom is 0.0669 e. The van der Waals surface area contributed by atoms with Gasteiger partial charge in [0.1, 0.15) is 0 Å². The SMILES string of the molecule is OC(CC1CCCC1)CN1CCC(C2CCCN2)CC1. The third-order valence-corrected chi connectivity index (χ3v) is 5.85. The number of likely N-dealkylation sites (tertiary alicyclic amines) is 1. The highest BCUT2D eigenvalue weighted by Crippen LogP contribution is 2.29. The molecule has 0 spiro atoms. The van der Waals surface area contributed by atoms with Crippen molar-refractivity contribution in [1.82, 2.24) is 10.2 Å². The van der Waals surface area contributed by atoms with E-state index in [1.165, 1.54) is 71.0 Å². The molecule has 3 aliphatic rings. The summed E-state index contributed by atoms with van der Waals surface area (Å²) in [6.07, 6.45) is 11.8. The van der Waals surface area contributed by atoms with Gasteiger partial charge in [0.15, 0.2) is 0 Å². The van der Waals surface area contributed by atoms with E-state index in [-0.39, 0.29) is 6.10 Å². The van der Waals surface area contributed by atoms with Crippen LogP contribution in [0.25, 0.3) is 0 Å². The van der Waals surface area contributed by atoms with Crippen LogP contribution in [-0.4, -0.2) is 48.3 Å². The Morgan fingerprint density at radius 2 is 1.75 bits per heavy atom. The summed E-state index contributed by atoms with van der Waals surface area (Å²) in [5.41, 5.74) is 0. The summed E-state index contributed by atoms with van der Waals surface area (Å²) in [5.74, 6) is 1.70. The lowest BCUT2D eigenvalue weighted by molar-refractivity contribution is 0.0691. The van der Waals surface area contributed by atoms with Crippen LogP contribution in [-0.2, 0) is 0 Å². The largest absolute Gasteiger partial charge is 0.392 e. The number of aliphatic hydroxyl groups excluding tert-OH is 1. The zero-order valence-corrected chi connectivity index (χ0v) is 12.9. The molecule has 3 heteroatoms. The van der Waals surface area contributed by atoms with Crippen molar-refractivity contribution in [1.29, 1.82) is 0 Å². The van der Waals surface area contributed by atoms with Crippen molar-refractivity contribution in [2.45, 2.75) is 69.9 Å². The minimum absolute atomic E-state index is 0.0840. The fraction of sp³-hybridized carbons (Fsp3) is 1.00. The topological polar surface area (TPSA) is 35.5 Å². The molecular formula is C17H32N2O. The first-order valence-corrected chi connectivity index (χ1v) is 8.95. The van der Waals surface area contributed by atoms with Gasteiger partial charge in [-0.25, -0.2) is 0 Å². The van der Waals surface area contributed by atoms with Gasteiger partial charge in [0.2, 0.25) is 0 Å². The summed E-state index contributed by atoms with van der Waals surface area (Å²) < 4.78 is 0. The van der Waals surface area contributed by atoms with E-state index in [0.29, 0.717) is 0 Å². The lowest BCUT2D eigenvalue weighted by atomic mass is 9.88. The Hall–Kier alpha value is -0.120. The van der Waals surface area contributed by atoms with E-state index in [4.69, 9.17) is 0 Å². The maximum atomic E-state index is 10.3. The lowest BCUT2D eigenvalue weighted by Gasteiger charge is -2.36. The molecule has 0 aromatic carbocycles. The number of nitrogens with zero attached hydrogens (tertiary/aromatic N) is 1. The first-order valence-electron chi connectivity index (χ1n) is 8.95. The highest BCUT2D eigenvalue weighted by atomic mass is 16.3. The maximum absolute atomic E-state index is 10.3. The summed E-state index contributed by atoms with van der Waals surface area (Å²) in [7, 11) is 0. The molecule has 2 aliphatic heterocycles. The van der Waals surface area contributed by atoms with Gasteiger partial charge in [-0.1, -0.05) is 25.7 Å². The van der Waals surface area contributed by atoms with Gasteiger partial charge in [0.25, 0.3) is 0 Å². The molecule has 2 atom stereocenters. The highest BCUT2D eigenvalue weighted by molar-refractivity contribution is 4.86. The molecular weight excluding hydrogens is 248 g/mol. The Morgan fingerprint density at radius 3 is 2.40 bits per heavy atom. The number of piperidine rings is 1. The van der Waals surface area contributed by atoms with Gasteiger partial charge >= 0.3 is 0 Å². The fourth-order valence-electron chi connectivity index (χ4n) is 4.66. The second kappa shape index (κ2) is 7.24. The first kappa shape index (κ1) is 14.8. The van der Waals surface area contributed by atoms with Crippen LogP contribution < -0.4 is 5.32 Å². The smallest absolute Gasteiger partial charge is 0.0669 e. The van der Waals surface area contributed by atoms with Crippen molar-refractivity contribution in [3.05, 3.63) is 0 Å². The van der Waals surface area contributed by atoms with E-state index in [1.807, 2.05) is 0 Å². The zero-order valence-electron chi connectivity index (χ0n) is 12.9. The molecule has 0 aromatic rings. The van der Waals surface area contributed by atoms with Crippen molar-refractivity contribution in [3.63, 3.8) is 0 Å². The average molecular weight is 280 g/mol. The third kappa shape index (κ3) is 3.96. The van der Waals surface area contributed by atoms with E-state index in [2.05, 4.69) is 10.2 Å². The number of hydrogen-bond acceptors (Lipinski definition) is 3. The Labute approximate surface area is 124 Å². The quantitative estimate of drug-likeness (QED) is 0.812. The zero-order chi connectivity index (χ0) is 13.8. The second-order valence-electron chi connectivity index (χ2n) is 7.38. The van der Waals surface area contributed by atoms with Crippen LogP contribution in [0.3, 0.4) is 0 Å². The van der Waals surface area contributed by atoms with Crippen LogP contribution in [0.4, 0.5) is 0 Å². The van der Waals surface area contributed by atoms with Gasteiger partial charge < -0.3 is 15.3 Å². The Morgan fingerprint density at radius 1 is 1.00 bits per heavy atom. The summed E-state index contributed by atoms with van der Waals surface area (Å²) in [6, 6.07) is 0.792. The Bertz CT molecular complexity index is 277. The van der Waals surface area contributed by atoms with Crippen molar-refractivity contribution in [2.24, 2.45) is 11.8 Å². The van der Waals surface area contributed by atoms with E-state index in [1.54, 1.807) is 0 Å². The number of β-amino-alcohol motifs (C(OH)–C–C–N with tert-alkyl or cyclic N) is 1. The highest BCUT2D eigenvalue weighted by Gasteiger charge is 2.29. The number of hydrogen-bond donors (Lipinski definition) is 2. The van der Waals surface area contributed by atoms with Crippen molar-refractivity contribution in [3.8, 4) is 0 Å². The van der Waals surface area contributed by atoms with Crippen LogP contribution in [0.2, 0.25) is 0 Å². The molecule has 3 fully saturated rings. The third-order valence-electron chi connectivity index (χ3n) is 5.85. The number of rotatable bonds is 5. The minimum atomic E-state index is -0.0840. The van der Waals surface area contributed by atoms with Gasteiger partial charge in [0.05, 0.1) is 6.10 Å². The normalized spacial score (nSPS) is 31.9. The van der Waals surface area contributed by atoms with Crippen molar-refractivity contribution < 1.29 is 5.11 Å². The van der Waals surface area contributed by atoms with E-state index in [9.17, 15) is 5.11 Å². The van der Waals surface area contributed by atoms with Crippen LogP contribution >= 0.6 is 0 Å². The summed E-state index contributed by atoms with van der Waals surface area (Å²) in [6.45, 7) is 4.54. The molecule has 20 heavy (non-hydrogen) atoms. The Balaban J connectivity index is 1.35. The van der Waals surface area contributed by atoms with E-state index >= 15 is 0 Å². The van der Waals surface area contributed by atoms with Crippen LogP contribution in [0.1, 0.15) is 57.8 Å². The lowest BCUT2D eigenvalue weighted by Crippen LogP contribution is -2.43. The molecule has 1 saturated carbocycles. The van der Waals surface area contributed by atoms with Gasteiger partial charge in [0, 0.05) is 12.6 Å². The van der Waals surface area contributed by atoms with E-state index in [0.717, 1.165) is 30.8 Å². The van der Waals surface area contributed by atoms with Crippen LogP contribution in [0.15, 0.2) is 0 Å². The fourth-order valence-corrected chi connectivity index (χ4v) is 4.66. The summed E-state index contributed by atoms with van der Waals surface area (Å²) in [5, 5.41) is 13.9. The van der Waals surface area contributed by atoms with Crippen LogP contribution in [0, 0.1) is 11.8 Å². The van der Waals surface area contributed by atoms with Gasteiger partial charge in [-0.05, 0) is 63.6 Å². The molecule has 2 N–H and O–H groups in total. The molecule has 2 saturated heterocycles. The monoisotopic (exact) mass is 280 g/mol. The second-order valence-corrected chi connectivity index (χ2v) is 7.38. The molecule has 0 bridgehead atoms. The Kier molecular flexibility index (Phi) is 5.36. The molecule has 1 aliphatic carbocycles. The van der Waals surface area contributed by atoms with E-state index < -0.39 is 0 Å². The number of aliphatic hydroxyl groups is 1. The standard InChI is InChI=1S/C17H32N2O/c20-16(12-14-4-1-2-5-14)13-19-10-7-15(8-11-19)17-6-3-9-18-17/h14-18,20H,1-13H2. The van der Waals surface area contributed by atoms with Gasteiger partial charge in [-0.15, -0.1) is 0 Å². The van der Waals surface area contributed by atoms with Crippen molar-refractivity contribution in [2.75, 3.05) is 26.2 Å². The van der Waals surface area contributed by atoms with Crippen LogP contribution in [0.5, 0.6) is 0 Å². The molecule has 0 aromatic heterocycles. The van der Waals surface area contributed by atoms with Crippen molar-refractivity contribution >= 4 is 0 Å².